The fraction of sp³-hybridized carbons (Fsp3) is 0.333. The van der Waals surface area contributed by atoms with Crippen molar-refractivity contribution in [2.75, 3.05) is 11.9 Å². The Morgan fingerprint density at radius 1 is 1.43 bits per heavy atom. The quantitative estimate of drug-likeness (QED) is 0.809. The minimum Gasteiger partial charge on any atom is -0.488 e. The molecule has 0 fully saturated rings. The number of hydrogen-bond donors (Lipinski definition) is 3. The normalized spacial score (nSPS) is 16.2. The van der Waals surface area contributed by atoms with Gasteiger partial charge < -0.3 is 15.4 Å². The lowest BCUT2D eigenvalue weighted by molar-refractivity contribution is 0.219. The standard InChI is InChI=1S/C15H18N4O2/c1-9-14(10(2)19-18-9)17-15(20)16-8-12-7-11-5-3-4-6-13(11)21-12/h3-6,12H,7-8H2,1-2H3,(H,18,19)(H2,16,17,20)/t12-/m1/s1. The van der Waals surface area contributed by atoms with E-state index in [9.17, 15) is 4.79 Å². The number of fused-ring (bicyclic) bond motifs is 1. The number of carbonyl (C=O) groups is 1. The summed E-state index contributed by atoms with van der Waals surface area (Å²) in [6.07, 6.45) is 0.805. The molecule has 0 radical (unpaired) electrons. The van der Waals surface area contributed by atoms with Crippen molar-refractivity contribution in [3.8, 4) is 5.75 Å². The number of ether oxygens (including phenoxy) is 1. The first-order chi connectivity index (χ1) is 10.1. The first-order valence-corrected chi connectivity index (χ1v) is 6.94. The predicted octanol–water partition coefficient (Wildman–Crippen LogP) is 2.15. The minimum atomic E-state index is -0.248. The summed E-state index contributed by atoms with van der Waals surface area (Å²) in [4.78, 5) is 11.9. The Kier molecular flexibility index (Phi) is 3.51. The summed E-state index contributed by atoms with van der Waals surface area (Å²) in [7, 11) is 0. The average molecular weight is 286 g/mol. The molecule has 2 aromatic rings. The molecule has 0 saturated carbocycles. The second kappa shape index (κ2) is 5.47. The molecule has 0 aliphatic carbocycles. The number of nitrogens with one attached hydrogen (secondary N) is 3. The van der Waals surface area contributed by atoms with Crippen molar-refractivity contribution in [2.24, 2.45) is 0 Å². The smallest absolute Gasteiger partial charge is 0.319 e. The molecule has 1 aromatic heterocycles. The van der Waals surface area contributed by atoms with Gasteiger partial charge >= 0.3 is 6.03 Å². The fourth-order valence-corrected chi connectivity index (χ4v) is 2.47. The molecule has 0 bridgehead atoms. The van der Waals surface area contributed by atoms with Crippen LogP contribution < -0.4 is 15.4 Å². The van der Waals surface area contributed by atoms with Crippen molar-refractivity contribution < 1.29 is 9.53 Å². The fourth-order valence-electron chi connectivity index (χ4n) is 2.47. The van der Waals surface area contributed by atoms with Gasteiger partial charge in [0.2, 0.25) is 0 Å². The van der Waals surface area contributed by atoms with E-state index in [2.05, 4.69) is 20.8 Å². The van der Waals surface area contributed by atoms with E-state index in [0.29, 0.717) is 6.54 Å². The summed E-state index contributed by atoms with van der Waals surface area (Å²) >= 11 is 0. The van der Waals surface area contributed by atoms with Crippen molar-refractivity contribution >= 4 is 11.7 Å². The topological polar surface area (TPSA) is 79.0 Å². The number of aromatic nitrogens is 2. The van der Waals surface area contributed by atoms with E-state index in [1.165, 1.54) is 5.56 Å². The second-order valence-electron chi connectivity index (χ2n) is 5.20. The van der Waals surface area contributed by atoms with Crippen molar-refractivity contribution in [1.29, 1.82) is 0 Å². The van der Waals surface area contributed by atoms with Crippen LogP contribution in [0.1, 0.15) is 17.0 Å². The maximum atomic E-state index is 11.9. The van der Waals surface area contributed by atoms with E-state index in [4.69, 9.17) is 4.74 Å². The first-order valence-electron chi connectivity index (χ1n) is 6.94. The van der Waals surface area contributed by atoms with E-state index in [1.807, 2.05) is 38.1 Å². The van der Waals surface area contributed by atoms with Crippen LogP contribution in [0.4, 0.5) is 10.5 Å². The molecule has 3 N–H and O–H groups in total. The Morgan fingerprint density at radius 2 is 2.24 bits per heavy atom. The van der Waals surface area contributed by atoms with Gasteiger partial charge in [-0.15, -0.1) is 0 Å². The van der Waals surface area contributed by atoms with Gasteiger partial charge in [-0.3, -0.25) is 5.10 Å². The molecular formula is C15H18N4O2. The lowest BCUT2D eigenvalue weighted by Gasteiger charge is -2.12. The Morgan fingerprint density at radius 3 is 2.95 bits per heavy atom. The van der Waals surface area contributed by atoms with Gasteiger partial charge in [0.1, 0.15) is 11.9 Å². The highest BCUT2D eigenvalue weighted by molar-refractivity contribution is 5.90. The molecule has 1 aliphatic rings. The molecule has 3 rings (SSSR count). The minimum absolute atomic E-state index is 0.0142. The molecular weight excluding hydrogens is 268 g/mol. The number of H-pyrrole nitrogens is 1. The number of benzene rings is 1. The van der Waals surface area contributed by atoms with Gasteiger partial charge in [-0.25, -0.2) is 4.79 Å². The highest BCUT2D eigenvalue weighted by Crippen LogP contribution is 2.27. The molecule has 1 aromatic carbocycles. The molecule has 6 heteroatoms. The third kappa shape index (κ3) is 2.84. The highest BCUT2D eigenvalue weighted by Gasteiger charge is 2.22. The monoisotopic (exact) mass is 286 g/mol. The van der Waals surface area contributed by atoms with Gasteiger partial charge in [-0.05, 0) is 25.5 Å². The predicted molar refractivity (Wildman–Crippen MR) is 79.6 cm³/mol. The number of aryl methyl sites for hydroxylation is 2. The number of rotatable bonds is 3. The van der Waals surface area contributed by atoms with Gasteiger partial charge in [0.05, 0.1) is 23.6 Å². The first kappa shape index (κ1) is 13.5. The molecule has 1 atom stereocenters. The zero-order chi connectivity index (χ0) is 14.8. The van der Waals surface area contributed by atoms with Crippen LogP contribution in [0.3, 0.4) is 0 Å². The van der Waals surface area contributed by atoms with E-state index >= 15 is 0 Å². The molecule has 0 spiro atoms. The van der Waals surface area contributed by atoms with E-state index in [-0.39, 0.29) is 12.1 Å². The van der Waals surface area contributed by atoms with Gasteiger partial charge in [-0.1, -0.05) is 18.2 Å². The summed E-state index contributed by atoms with van der Waals surface area (Å²) in [5.74, 6) is 0.909. The molecule has 110 valence electrons. The summed E-state index contributed by atoms with van der Waals surface area (Å²) in [5, 5.41) is 12.5. The van der Waals surface area contributed by atoms with Crippen LogP contribution in [0.25, 0.3) is 0 Å². The van der Waals surface area contributed by atoms with Crippen LogP contribution in [-0.4, -0.2) is 28.9 Å². The van der Waals surface area contributed by atoms with Crippen molar-refractivity contribution in [1.82, 2.24) is 15.5 Å². The van der Waals surface area contributed by atoms with Crippen LogP contribution in [0.15, 0.2) is 24.3 Å². The van der Waals surface area contributed by atoms with E-state index in [1.54, 1.807) is 0 Å². The molecule has 1 aliphatic heterocycles. The van der Waals surface area contributed by atoms with Crippen LogP contribution in [-0.2, 0) is 6.42 Å². The number of aromatic amines is 1. The van der Waals surface area contributed by atoms with Crippen LogP contribution in [0, 0.1) is 13.8 Å². The Labute approximate surface area is 122 Å². The maximum Gasteiger partial charge on any atom is 0.319 e. The number of amides is 2. The lowest BCUT2D eigenvalue weighted by atomic mass is 10.1. The van der Waals surface area contributed by atoms with Crippen molar-refractivity contribution in [3.05, 3.63) is 41.2 Å². The van der Waals surface area contributed by atoms with E-state index in [0.717, 1.165) is 29.2 Å². The van der Waals surface area contributed by atoms with Gasteiger partial charge in [0, 0.05) is 6.42 Å². The third-order valence-corrected chi connectivity index (χ3v) is 3.57. The molecule has 0 unspecified atom stereocenters. The van der Waals surface area contributed by atoms with E-state index < -0.39 is 0 Å². The number of para-hydroxylation sites is 1. The maximum absolute atomic E-state index is 11.9. The number of urea groups is 1. The third-order valence-electron chi connectivity index (χ3n) is 3.57. The summed E-state index contributed by atoms with van der Waals surface area (Å²) in [6.45, 7) is 4.18. The summed E-state index contributed by atoms with van der Waals surface area (Å²) < 4.78 is 5.78. The largest absolute Gasteiger partial charge is 0.488 e. The molecule has 2 amide bonds. The Balaban J connectivity index is 1.52. The Hall–Kier alpha value is -2.50. The molecule has 2 heterocycles. The van der Waals surface area contributed by atoms with Gasteiger partial charge in [0.15, 0.2) is 0 Å². The second-order valence-corrected chi connectivity index (χ2v) is 5.20. The number of nitrogens with zero attached hydrogens (tertiary/aromatic N) is 1. The average Bonchev–Trinajstić information content (AvgIpc) is 3.03. The SMILES string of the molecule is Cc1n[nH]c(C)c1NC(=O)NC[C@H]1Cc2ccccc2O1. The number of hydrogen-bond acceptors (Lipinski definition) is 3. The van der Waals surface area contributed by atoms with Gasteiger partial charge in [0.25, 0.3) is 0 Å². The zero-order valence-electron chi connectivity index (χ0n) is 12.1. The zero-order valence-corrected chi connectivity index (χ0v) is 12.1. The summed E-state index contributed by atoms with van der Waals surface area (Å²) in [6, 6.07) is 7.70. The molecule has 0 saturated heterocycles. The van der Waals surface area contributed by atoms with Crippen molar-refractivity contribution in [2.45, 2.75) is 26.4 Å². The highest BCUT2D eigenvalue weighted by atomic mass is 16.5. The lowest BCUT2D eigenvalue weighted by Crippen LogP contribution is -2.37. The summed E-state index contributed by atoms with van der Waals surface area (Å²) in [5.41, 5.74) is 3.52. The van der Waals surface area contributed by atoms with Gasteiger partial charge in [-0.2, -0.15) is 5.10 Å². The van der Waals surface area contributed by atoms with Crippen LogP contribution in [0.2, 0.25) is 0 Å². The molecule has 6 nitrogen and oxygen atoms in total. The number of anilines is 1. The molecule has 21 heavy (non-hydrogen) atoms. The van der Waals surface area contributed by atoms with Crippen molar-refractivity contribution in [3.63, 3.8) is 0 Å². The van der Waals surface area contributed by atoms with Crippen LogP contribution in [0.5, 0.6) is 5.75 Å². The Bertz CT molecular complexity index is 621. The number of carbonyl (C=O) groups excluding carboxylic acids is 1. The van der Waals surface area contributed by atoms with Crippen LogP contribution >= 0.6 is 0 Å².